The normalized spacial score (nSPS) is 21.9. The van der Waals surface area contributed by atoms with E-state index in [1.54, 1.807) is 16.0 Å². The Bertz CT molecular complexity index is 361. The molecule has 0 amide bonds. The summed E-state index contributed by atoms with van der Waals surface area (Å²) in [5.74, 6) is 0.803. The zero-order valence-electron chi connectivity index (χ0n) is 9.22. The molecule has 2 heteroatoms. The second-order valence-corrected chi connectivity index (χ2v) is 6.11. The summed E-state index contributed by atoms with van der Waals surface area (Å²) in [6.07, 6.45) is 11.0. The van der Waals surface area contributed by atoms with Gasteiger partial charge in [0.15, 0.2) is 0 Å². The highest BCUT2D eigenvalue weighted by Crippen LogP contribution is 2.45. The second-order valence-electron chi connectivity index (χ2n) is 4.97. The molecule has 1 saturated carbocycles. The maximum absolute atomic E-state index is 6.20. The van der Waals surface area contributed by atoms with E-state index in [1.165, 1.54) is 51.4 Å². The fourth-order valence-corrected chi connectivity index (χ4v) is 4.54. The average molecular weight is 221 g/mol. The number of hydrogen-bond donors (Lipinski definition) is 1. The lowest BCUT2D eigenvalue weighted by molar-refractivity contribution is 0.443. The van der Waals surface area contributed by atoms with Crippen molar-refractivity contribution in [2.75, 3.05) is 5.73 Å². The molecule has 1 nitrogen and oxygen atoms in total. The van der Waals surface area contributed by atoms with Crippen LogP contribution in [0.15, 0.2) is 0 Å². The van der Waals surface area contributed by atoms with Crippen molar-refractivity contribution in [2.45, 2.75) is 57.3 Å². The highest BCUT2D eigenvalue weighted by atomic mass is 32.1. The molecular weight excluding hydrogens is 202 g/mol. The van der Waals surface area contributed by atoms with Crippen LogP contribution < -0.4 is 5.73 Å². The highest BCUT2D eigenvalue weighted by Gasteiger charge is 2.27. The lowest BCUT2D eigenvalue weighted by Crippen LogP contribution is -2.07. The number of thiophene rings is 1. The molecule has 0 saturated heterocycles. The van der Waals surface area contributed by atoms with Crippen LogP contribution in [0.4, 0.5) is 5.00 Å². The predicted octanol–water partition coefficient (Wildman–Crippen LogP) is 3.87. The molecule has 3 rings (SSSR count). The summed E-state index contributed by atoms with van der Waals surface area (Å²) in [7, 11) is 0. The van der Waals surface area contributed by atoms with Gasteiger partial charge < -0.3 is 5.73 Å². The quantitative estimate of drug-likeness (QED) is 0.765. The number of aryl methyl sites for hydroxylation is 1. The summed E-state index contributed by atoms with van der Waals surface area (Å²) >= 11 is 1.87. The topological polar surface area (TPSA) is 26.0 Å². The van der Waals surface area contributed by atoms with E-state index >= 15 is 0 Å². The monoisotopic (exact) mass is 221 g/mol. The van der Waals surface area contributed by atoms with Crippen molar-refractivity contribution in [3.05, 3.63) is 16.0 Å². The number of nitrogens with two attached hydrogens (primary N) is 1. The van der Waals surface area contributed by atoms with Crippen LogP contribution in [-0.4, -0.2) is 0 Å². The van der Waals surface area contributed by atoms with E-state index in [0.29, 0.717) is 0 Å². The van der Waals surface area contributed by atoms with Gasteiger partial charge in [-0.15, -0.1) is 11.3 Å². The summed E-state index contributed by atoms with van der Waals surface area (Å²) < 4.78 is 0. The number of anilines is 1. The molecule has 2 aliphatic carbocycles. The fourth-order valence-electron chi connectivity index (χ4n) is 3.29. The van der Waals surface area contributed by atoms with Crippen molar-refractivity contribution in [2.24, 2.45) is 0 Å². The van der Waals surface area contributed by atoms with E-state index in [-0.39, 0.29) is 0 Å². The van der Waals surface area contributed by atoms with Gasteiger partial charge in [0.05, 0.1) is 5.00 Å². The Morgan fingerprint density at radius 1 is 1.00 bits per heavy atom. The highest BCUT2D eigenvalue weighted by molar-refractivity contribution is 7.16. The minimum absolute atomic E-state index is 0.803. The van der Waals surface area contributed by atoms with Crippen LogP contribution in [0, 0.1) is 0 Å². The van der Waals surface area contributed by atoms with E-state index in [1.807, 2.05) is 11.3 Å². The van der Waals surface area contributed by atoms with E-state index < -0.39 is 0 Å². The number of rotatable bonds is 1. The molecule has 1 aromatic heterocycles. The van der Waals surface area contributed by atoms with Gasteiger partial charge in [-0.1, -0.05) is 19.3 Å². The first-order chi connectivity index (χ1) is 7.36. The van der Waals surface area contributed by atoms with E-state index in [2.05, 4.69) is 0 Å². The largest absolute Gasteiger partial charge is 0.390 e. The van der Waals surface area contributed by atoms with Gasteiger partial charge in [-0.05, 0) is 49.1 Å². The third kappa shape index (κ3) is 1.59. The smallest absolute Gasteiger partial charge is 0.0897 e. The molecular formula is C13H19NS. The first-order valence-corrected chi connectivity index (χ1v) is 7.08. The second kappa shape index (κ2) is 3.82. The molecule has 1 heterocycles. The van der Waals surface area contributed by atoms with Crippen molar-refractivity contribution in [1.29, 1.82) is 0 Å². The van der Waals surface area contributed by atoms with Gasteiger partial charge >= 0.3 is 0 Å². The van der Waals surface area contributed by atoms with Crippen molar-refractivity contribution in [3.8, 4) is 0 Å². The third-order valence-corrected chi connectivity index (χ3v) is 5.14. The van der Waals surface area contributed by atoms with Gasteiger partial charge in [0.2, 0.25) is 0 Å². The Labute approximate surface area is 95.7 Å². The molecule has 0 radical (unpaired) electrons. The first kappa shape index (κ1) is 9.71. The van der Waals surface area contributed by atoms with Gasteiger partial charge in [0.25, 0.3) is 0 Å². The SMILES string of the molecule is Nc1sc2c(c1C1CCCCC1)CCC2. The molecule has 2 N–H and O–H groups in total. The molecule has 15 heavy (non-hydrogen) atoms. The Hall–Kier alpha value is -0.500. The maximum atomic E-state index is 6.20. The molecule has 0 aliphatic heterocycles. The van der Waals surface area contributed by atoms with Crippen molar-refractivity contribution < 1.29 is 0 Å². The molecule has 0 bridgehead atoms. The van der Waals surface area contributed by atoms with Crippen molar-refractivity contribution in [3.63, 3.8) is 0 Å². The van der Waals surface area contributed by atoms with Crippen LogP contribution >= 0.6 is 11.3 Å². The molecule has 1 aromatic rings. The molecule has 0 spiro atoms. The summed E-state index contributed by atoms with van der Waals surface area (Å²) in [6.45, 7) is 0. The zero-order chi connectivity index (χ0) is 10.3. The van der Waals surface area contributed by atoms with Gasteiger partial charge in [0, 0.05) is 4.88 Å². The maximum Gasteiger partial charge on any atom is 0.0897 e. The summed E-state index contributed by atoms with van der Waals surface area (Å²) in [6, 6.07) is 0. The first-order valence-electron chi connectivity index (χ1n) is 6.26. The van der Waals surface area contributed by atoms with E-state index in [0.717, 1.165) is 10.9 Å². The summed E-state index contributed by atoms with van der Waals surface area (Å²) in [4.78, 5) is 1.60. The fraction of sp³-hybridized carbons (Fsp3) is 0.692. The Morgan fingerprint density at radius 2 is 1.80 bits per heavy atom. The van der Waals surface area contributed by atoms with Crippen LogP contribution in [0.1, 0.15) is 60.4 Å². The summed E-state index contributed by atoms with van der Waals surface area (Å²) in [5.41, 5.74) is 9.43. The lowest BCUT2D eigenvalue weighted by atomic mass is 9.83. The van der Waals surface area contributed by atoms with E-state index in [9.17, 15) is 0 Å². The van der Waals surface area contributed by atoms with Gasteiger partial charge in [0.1, 0.15) is 0 Å². The number of hydrogen-bond acceptors (Lipinski definition) is 2. The van der Waals surface area contributed by atoms with E-state index in [4.69, 9.17) is 5.73 Å². The lowest BCUT2D eigenvalue weighted by Gasteiger charge is -2.22. The third-order valence-electron chi connectivity index (χ3n) is 4.00. The molecule has 0 atom stereocenters. The predicted molar refractivity (Wildman–Crippen MR) is 66.6 cm³/mol. The van der Waals surface area contributed by atoms with Gasteiger partial charge in [-0.25, -0.2) is 0 Å². The van der Waals surface area contributed by atoms with Gasteiger partial charge in [-0.2, -0.15) is 0 Å². The molecule has 82 valence electrons. The zero-order valence-corrected chi connectivity index (χ0v) is 10.0. The minimum Gasteiger partial charge on any atom is -0.390 e. The standard InChI is InChI=1S/C13H19NS/c14-13-12(9-5-2-1-3-6-9)10-7-4-8-11(10)15-13/h9H,1-8,14H2. The molecule has 0 aromatic carbocycles. The molecule has 2 aliphatic rings. The van der Waals surface area contributed by atoms with Crippen LogP contribution in [0.3, 0.4) is 0 Å². The van der Waals surface area contributed by atoms with Crippen molar-refractivity contribution >= 4 is 16.3 Å². The van der Waals surface area contributed by atoms with Crippen LogP contribution in [0.5, 0.6) is 0 Å². The molecule has 1 fully saturated rings. The summed E-state index contributed by atoms with van der Waals surface area (Å²) in [5, 5.41) is 1.15. The van der Waals surface area contributed by atoms with Crippen LogP contribution in [0.2, 0.25) is 0 Å². The van der Waals surface area contributed by atoms with Gasteiger partial charge in [-0.3, -0.25) is 0 Å². The minimum atomic E-state index is 0.803. The number of nitrogen functional groups attached to an aromatic ring is 1. The Balaban J connectivity index is 1.95. The average Bonchev–Trinajstić information content (AvgIpc) is 2.78. The molecule has 0 unspecified atom stereocenters. The van der Waals surface area contributed by atoms with Crippen LogP contribution in [-0.2, 0) is 12.8 Å². The Kier molecular flexibility index (Phi) is 2.47. The van der Waals surface area contributed by atoms with Crippen molar-refractivity contribution in [1.82, 2.24) is 0 Å². The van der Waals surface area contributed by atoms with Crippen LogP contribution in [0.25, 0.3) is 0 Å². The Morgan fingerprint density at radius 3 is 2.60 bits per heavy atom. The number of fused-ring (bicyclic) bond motifs is 1.